The molecule has 1 saturated heterocycles. The maximum Gasteiger partial charge on any atom is 0.287 e. The van der Waals surface area contributed by atoms with Crippen LogP contribution >= 0.6 is 12.4 Å². The molecule has 0 saturated carbocycles. The first kappa shape index (κ1) is 15.1. The second-order valence-corrected chi connectivity index (χ2v) is 4.92. The molecular formula is C13H21ClN2O2. The maximum atomic E-state index is 12.1. The highest BCUT2D eigenvalue weighted by molar-refractivity contribution is 5.93. The fourth-order valence-corrected chi connectivity index (χ4v) is 2.28. The van der Waals surface area contributed by atoms with Gasteiger partial charge in [-0.15, -0.1) is 12.4 Å². The number of furan rings is 1. The molecule has 0 aliphatic carbocycles. The lowest BCUT2D eigenvalue weighted by atomic mass is 9.95. The van der Waals surface area contributed by atoms with Crippen LogP contribution in [0.1, 0.15) is 35.2 Å². The standard InChI is InChI=1S/C13H20N2O2.ClH/c1-8-4-5-14-7-11(8)15-13(16)12-9(2)6-10(3)17-12;/h6,8,11,14H,4-5,7H2,1-3H3,(H,15,16);1H. The van der Waals surface area contributed by atoms with Gasteiger partial charge in [-0.3, -0.25) is 4.79 Å². The van der Waals surface area contributed by atoms with E-state index < -0.39 is 0 Å². The Hall–Kier alpha value is -1.00. The van der Waals surface area contributed by atoms with Crippen LogP contribution in [0.2, 0.25) is 0 Å². The molecule has 0 radical (unpaired) electrons. The molecule has 1 aromatic rings. The first-order valence-corrected chi connectivity index (χ1v) is 6.16. The third kappa shape index (κ3) is 3.27. The fraction of sp³-hybridized carbons (Fsp3) is 0.615. The summed E-state index contributed by atoms with van der Waals surface area (Å²) in [6.07, 6.45) is 1.10. The van der Waals surface area contributed by atoms with Crippen molar-refractivity contribution in [1.29, 1.82) is 0 Å². The Morgan fingerprint density at radius 2 is 2.22 bits per heavy atom. The zero-order chi connectivity index (χ0) is 12.4. The lowest BCUT2D eigenvalue weighted by Gasteiger charge is -2.29. The number of carbonyl (C=O) groups is 1. The molecule has 2 unspecified atom stereocenters. The van der Waals surface area contributed by atoms with E-state index in [2.05, 4.69) is 17.6 Å². The van der Waals surface area contributed by atoms with Crippen LogP contribution in [0.4, 0.5) is 0 Å². The molecule has 1 fully saturated rings. The number of rotatable bonds is 2. The Morgan fingerprint density at radius 1 is 1.50 bits per heavy atom. The molecule has 5 heteroatoms. The van der Waals surface area contributed by atoms with Gasteiger partial charge in [-0.05, 0) is 38.8 Å². The van der Waals surface area contributed by atoms with E-state index in [4.69, 9.17) is 4.42 Å². The fourth-order valence-electron chi connectivity index (χ4n) is 2.28. The van der Waals surface area contributed by atoms with E-state index in [9.17, 15) is 4.79 Å². The number of amides is 1. The van der Waals surface area contributed by atoms with Gasteiger partial charge in [-0.25, -0.2) is 0 Å². The molecule has 2 rings (SSSR count). The van der Waals surface area contributed by atoms with Crippen molar-refractivity contribution in [3.8, 4) is 0 Å². The molecule has 2 atom stereocenters. The number of carbonyl (C=O) groups excluding carboxylic acids is 1. The summed E-state index contributed by atoms with van der Waals surface area (Å²) < 4.78 is 5.42. The van der Waals surface area contributed by atoms with E-state index in [1.54, 1.807) is 0 Å². The van der Waals surface area contributed by atoms with Crippen LogP contribution in [0.5, 0.6) is 0 Å². The van der Waals surface area contributed by atoms with Gasteiger partial charge in [0.05, 0.1) is 0 Å². The van der Waals surface area contributed by atoms with Crippen molar-refractivity contribution in [3.05, 3.63) is 23.2 Å². The highest BCUT2D eigenvalue weighted by atomic mass is 35.5. The van der Waals surface area contributed by atoms with Crippen LogP contribution in [-0.2, 0) is 0 Å². The number of nitrogens with one attached hydrogen (secondary N) is 2. The Balaban J connectivity index is 0.00000162. The Morgan fingerprint density at radius 3 is 2.78 bits per heavy atom. The molecule has 4 nitrogen and oxygen atoms in total. The number of hydrogen-bond acceptors (Lipinski definition) is 3. The van der Waals surface area contributed by atoms with Gasteiger partial charge in [-0.1, -0.05) is 6.92 Å². The lowest BCUT2D eigenvalue weighted by molar-refractivity contribution is 0.0885. The number of hydrogen-bond donors (Lipinski definition) is 2. The third-order valence-corrected chi connectivity index (χ3v) is 3.39. The van der Waals surface area contributed by atoms with Crippen LogP contribution in [0, 0.1) is 19.8 Å². The van der Waals surface area contributed by atoms with Crippen LogP contribution < -0.4 is 10.6 Å². The highest BCUT2D eigenvalue weighted by Gasteiger charge is 2.24. The zero-order valence-corrected chi connectivity index (χ0v) is 11.9. The van der Waals surface area contributed by atoms with Crippen LogP contribution in [0.25, 0.3) is 0 Å². The Labute approximate surface area is 114 Å². The average molecular weight is 273 g/mol. The molecule has 0 bridgehead atoms. The van der Waals surface area contributed by atoms with Gasteiger partial charge in [0.2, 0.25) is 0 Å². The summed E-state index contributed by atoms with van der Waals surface area (Å²) in [5.74, 6) is 1.63. The summed E-state index contributed by atoms with van der Waals surface area (Å²) in [6.45, 7) is 7.80. The monoisotopic (exact) mass is 272 g/mol. The molecular weight excluding hydrogens is 252 g/mol. The van der Waals surface area contributed by atoms with Crippen LogP contribution in [0.15, 0.2) is 10.5 Å². The lowest BCUT2D eigenvalue weighted by Crippen LogP contribution is -2.50. The van der Waals surface area contributed by atoms with E-state index in [1.807, 2.05) is 19.9 Å². The van der Waals surface area contributed by atoms with Gasteiger partial charge in [-0.2, -0.15) is 0 Å². The largest absolute Gasteiger partial charge is 0.456 e. The quantitative estimate of drug-likeness (QED) is 0.866. The zero-order valence-electron chi connectivity index (χ0n) is 11.1. The SMILES string of the molecule is Cc1cc(C)c(C(=O)NC2CNCCC2C)o1.Cl. The van der Waals surface area contributed by atoms with Crippen molar-refractivity contribution in [2.75, 3.05) is 13.1 Å². The van der Waals surface area contributed by atoms with Crippen LogP contribution in [0.3, 0.4) is 0 Å². The molecule has 0 spiro atoms. The van der Waals surface area contributed by atoms with Gasteiger partial charge in [0.25, 0.3) is 5.91 Å². The molecule has 18 heavy (non-hydrogen) atoms. The Kier molecular flexibility index (Phi) is 5.23. The highest BCUT2D eigenvalue weighted by Crippen LogP contribution is 2.16. The van der Waals surface area contributed by atoms with Gasteiger partial charge in [0.1, 0.15) is 5.76 Å². The first-order chi connectivity index (χ1) is 8.08. The van der Waals surface area contributed by atoms with Gasteiger partial charge in [0, 0.05) is 18.2 Å². The topological polar surface area (TPSA) is 54.3 Å². The minimum atomic E-state index is -0.101. The van der Waals surface area contributed by atoms with E-state index >= 15 is 0 Å². The van der Waals surface area contributed by atoms with Crippen molar-refractivity contribution >= 4 is 18.3 Å². The first-order valence-electron chi connectivity index (χ1n) is 6.16. The third-order valence-electron chi connectivity index (χ3n) is 3.39. The van der Waals surface area contributed by atoms with Crippen molar-refractivity contribution < 1.29 is 9.21 Å². The second-order valence-electron chi connectivity index (χ2n) is 4.92. The molecule has 1 aromatic heterocycles. The van der Waals surface area contributed by atoms with Crippen molar-refractivity contribution in [1.82, 2.24) is 10.6 Å². The molecule has 2 heterocycles. The summed E-state index contributed by atoms with van der Waals surface area (Å²) >= 11 is 0. The van der Waals surface area contributed by atoms with Crippen LogP contribution in [-0.4, -0.2) is 25.0 Å². The van der Waals surface area contributed by atoms with E-state index in [-0.39, 0.29) is 24.4 Å². The van der Waals surface area contributed by atoms with Crippen molar-refractivity contribution in [2.24, 2.45) is 5.92 Å². The Bertz CT molecular complexity index is 417. The number of halogens is 1. The van der Waals surface area contributed by atoms with E-state index in [1.165, 1.54) is 0 Å². The molecule has 2 N–H and O–H groups in total. The molecule has 1 aliphatic rings. The molecule has 1 amide bonds. The molecule has 0 aromatic carbocycles. The predicted molar refractivity (Wildman–Crippen MR) is 73.3 cm³/mol. The van der Waals surface area contributed by atoms with E-state index in [0.717, 1.165) is 30.8 Å². The van der Waals surface area contributed by atoms with E-state index in [0.29, 0.717) is 11.7 Å². The number of piperidine rings is 1. The van der Waals surface area contributed by atoms with Gasteiger partial charge in [0.15, 0.2) is 5.76 Å². The summed E-state index contributed by atoms with van der Waals surface area (Å²) in [5, 5.41) is 6.34. The molecule has 1 aliphatic heterocycles. The van der Waals surface area contributed by atoms with Gasteiger partial charge < -0.3 is 15.1 Å². The predicted octanol–water partition coefficient (Wildman–Crippen LogP) is 2.05. The minimum absolute atomic E-state index is 0. The van der Waals surface area contributed by atoms with Crippen molar-refractivity contribution in [2.45, 2.75) is 33.2 Å². The summed E-state index contributed by atoms with van der Waals surface area (Å²) in [6, 6.07) is 2.08. The van der Waals surface area contributed by atoms with Gasteiger partial charge >= 0.3 is 0 Å². The second kappa shape index (κ2) is 6.25. The maximum absolute atomic E-state index is 12.1. The smallest absolute Gasteiger partial charge is 0.287 e. The number of aryl methyl sites for hydroxylation is 2. The summed E-state index contributed by atoms with van der Waals surface area (Å²) in [7, 11) is 0. The average Bonchev–Trinajstić information content (AvgIpc) is 2.61. The minimum Gasteiger partial charge on any atom is -0.456 e. The summed E-state index contributed by atoms with van der Waals surface area (Å²) in [5.41, 5.74) is 0.899. The summed E-state index contributed by atoms with van der Waals surface area (Å²) in [4.78, 5) is 12.1. The van der Waals surface area contributed by atoms with Crippen molar-refractivity contribution in [3.63, 3.8) is 0 Å². The normalized spacial score (nSPS) is 23.3. The molecule has 102 valence electrons.